The predicted molar refractivity (Wildman–Crippen MR) is 109 cm³/mol. The van der Waals surface area contributed by atoms with Crippen molar-refractivity contribution in [3.63, 3.8) is 0 Å². The van der Waals surface area contributed by atoms with Gasteiger partial charge < -0.3 is 9.64 Å². The van der Waals surface area contributed by atoms with E-state index in [1.807, 2.05) is 23.1 Å². The quantitative estimate of drug-likeness (QED) is 0.751. The monoisotopic (exact) mass is 408 g/mol. The van der Waals surface area contributed by atoms with Crippen molar-refractivity contribution in [3.8, 4) is 0 Å². The van der Waals surface area contributed by atoms with E-state index in [0.29, 0.717) is 18.9 Å². The Morgan fingerprint density at radius 1 is 1.25 bits per heavy atom. The molecule has 2 heterocycles. The van der Waals surface area contributed by atoms with Crippen molar-refractivity contribution in [1.82, 2.24) is 9.62 Å². The zero-order valence-corrected chi connectivity index (χ0v) is 17.5. The molecule has 1 aromatic rings. The van der Waals surface area contributed by atoms with Gasteiger partial charge in [-0.25, -0.2) is 13.1 Å². The Morgan fingerprint density at radius 3 is 2.64 bits per heavy atom. The highest BCUT2D eigenvalue weighted by atomic mass is 32.2. The summed E-state index contributed by atoms with van der Waals surface area (Å²) in [5.74, 6) is 0.701. The first-order chi connectivity index (χ1) is 13.4. The summed E-state index contributed by atoms with van der Waals surface area (Å²) in [5, 5.41) is 0. The number of hydrogen-bond donors (Lipinski definition) is 1. The summed E-state index contributed by atoms with van der Waals surface area (Å²) < 4.78 is 31.2. The maximum atomic E-state index is 12.6. The van der Waals surface area contributed by atoms with Gasteiger partial charge >= 0.3 is 0 Å². The molecule has 0 aromatic heterocycles. The number of aryl methyl sites for hydroxylation is 1. The van der Waals surface area contributed by atoms with Gasteiger partial charge in [0.2, 0.25) is 15.9 Å². The van der Waals surface area contributed by atoms with Crippen molar-refractivity contribution < 1.29 is 17.9 Å². The predicted octanol–water partition coefficient (Wildman–Crippen LogP) is 2.35. The number of carbonyl (C=O) groups is 1. The molecule has 3 rings (SSSR count). The van der Waals surface area contributed by atoms with Crippen LogP contribution >= 0.6 is 0 Å². The lowest BCUT2D eigenvalue weighted by atomic mass is 9.78. The molecule has 0 bridgehead atoms. The third kappa shape index (κ3) is 6.29. The van der Waals surface area contributed by atoms with Gasteiger partial charge in [0.15, 0.2) is 0 Å². The molecule has 0 aliphatic carbocycles. The molecule has 1 spiro atoms. The van der Waals surface area contributed by atoms with Crippen LogP contribution in [0.1, 0.15) is 44.1 Å². The lowest BCUT2D eigenvalue weighted by Gasteiger charge is -2.46. The van der Waals surface area contributed by atoms with Gasteiger partial charge in [0.25, 0.3) is 0 Å². The van der Waals surface area contributed by atoms with Crippen LogP contribution in [0.5, 0.6) is 0 Å². The first-order valence-corrected chi connectivity index (χ1v) is 12.1. The number of hydrogen-bond acceptors (Lipinski definition) is 4. The van der Waals surface area contributed by atoms with Crippen LogP contribution < -0.4 is 4.72 Å². The van der Waals surface area contributed by atoms with E-state index in [1.165, 1.54) is 11.8 Å². The lowest BCUT2D eigenvalue weighted by molar-refractivity contribution is -0.147. The average molecular weight is 409 g/mol. The highest BCUT2D eigenvalue weighted by Gasteiger charge is 2.40. The van der Waals surface area contributed by atoms with Gasteiger partial charge in [-0.2, -0.15) is 0 Å². The Morgan fingerprint density at radius 2 is 1.96 bits per heavy atom. The molecule has 0 radical (unpaired) electrons. The summed E-state index contributed by atoms with van der Waals surface area (Å²) in [6, 6.07) is 10.1. The van der Waals surface area contributed by atoms with Crippen LogP contribution in [-0.4, -0.2) is 57.3 Å². The fourth-order valence-corrected chi connectivity index (χ4v) is 4.88. The highest BCUT2D eigenvalue weighted by molar-refractivity contribution is 7.88. The van der Waals surface area contributed by atoms with E-state index in [2.05, 4.69) is 16.9 Å². The Hall–Kier alpha value is -1.44. The van der Waals surface area contributed by atoms with E-state index >= 15 is 0 Å². The minimum atomic E-state index is -3.13. The second-order valence-corrected chi connectivity index (χ2v) is 10.0. The molecule has 6 nitrogen and oxygen atoms in total. The minimum absolute atomic E-state index is 0.135. The molecule has 28 heavy (non-hydrogen) atoms. The van der Waals surface area contributed by atoms with Crippen molar-refractivity contribution in [2.75, 3.05) is 32.5 Å². The number of benzene rings is 1. The van der Waals surface area contributed by atoms with E-state index in [1.54, 1.807) is 0 Å². The van der Waals surface area contributed by atoms with Crippen LogP contribution in [0.2, 0.25) is 0 Å². The van der Waals surface area contributed by atoms with Gasteiger partial charge in [-0.1, -0.05) is 30.3 Å². The number of ether oxygens (including phenoxy) is 1. The van der Waals surface area contributed by atoms with Crippen molar-refractivity contribution in [2.24, 2.45) is 5.92 Å². The van der Waals surface area contributed by atoms with E-state index in [9.17, 15) is 13.2 Å². The number of likely N-dealkylation sites (tertiary alicyclic amines) is 1. The summed E-state index contributed by atoms with van der Waals surface area (Å²) in [4.78, 5) is 14.5. The van der Waals surface area contributed by atoms with Crippen molar-refractivity contribution >= 4 is 15.9 Å². The van der Waals surface area contributed by atoms with Gasteiger partial charge in [0.05, 0.1) is 11.9 Å². The standard InChI is InChI=1S/C21H32N2O4S/c1-28(25,26)22-13-9-19-10-16-27-21(17-19)11-14-23(15-12-21)20(24)8-7-18-5-3-2-4-6-18/h2-6,19,22H,7-17H2,1H3. The third-order valence-electron chi connectivity index (χ3n) is 6.01. The Labute approximate surface area is 168 Å². The minimum Gasteiger partial charge on any atom is -0.375 e. The SMILES string of the molecule is CS(=O)(=O)NCCC1CCOC2(CCN(C(=O)CCc3ccccc3)CC2)C1. The number of nitrogens with one attached hydrogen (secondary N) is 1. The van der Waals surface area contributed by atoms with Gasteiger partial charge in [0.1, 0.15) is 0 Å². The smallest absolute Gasteiger partial charge is 0.222 e. The van der Waals surface area contributed by atoms with Crippen LogP contribution in [0.25, 0.3) is 0 Å². The maximum absolute atomic E-state index is 12.6. The van der Waals surface area contributed by atoms with Crippen molar-refractivity contribution in [1.29, 1.82) is 0 Å². The maximum Gasteiger partial charge on any atom is 0.222 e. The fourth-order valence-electron chi connectivity index (χ4n) is 4.39. The summed E-state index contributed by atoms with van der Waals surface area (Å²) in [6.45, 7) is 2.72. The number of nitrogens with zero attached hydrogens (tertiary/aromatic N) is 1. The summed E-state index contributed by atoms with van der Waals surface area (Å²) in [5.41, 5.74) is 1.06. The molecule has 156 valence electrons. The number of carbonyl (C=O) groups excluding carboxylic acids is 1. The Balaban J connectivity index is 1.43. The molecule has 1 atom stereocenters. The number of sulfonamides is 1. The van der Waals surface area contributed by atoms with Gasteiger partial charge in [-0.3, -0.25) is 4.79 Å². The first kappa shape index (κ1) is 21.3. The molecular formula is C21H32N2O4S. The molecule has 2 aliphatic heterocycles. The average Bonchev–Trinajstić information content (AvgIpc) is 2.67. The zero-order chi connectivity index (χ0) is 20.0. The van der Waals surface area contributed by atoms with E-state index in [0.717, 1.165) is 58.2 Å². The molecule has 1 amide bonds. The van der Waals surface area contributed by atoms with Gasteiger partial charge in [0, 0.05) is 32.7 Å². The molecule has 1 aromatic carbocycles. The van der Waals surface area contributed by atoms with E-state index in [-0.39, 0.29) is 11.5 Å². The third-order valence-corrected chi connectivity index (χ3v) is 6.74. The fraction of sp³-hybridized carbons (Fsp3) is 0.667. The van der Waals surface area contributed by atoms with Crippen LogP contribution in [0.4, 0.5) is 0 Å². The van der Waals surface area contributed by atoms with E-state index < -0.39 is 10.0 Å². The van der Waals surface area contributed by atoms with Crippen molar-refractivity contribution in [2.45, 2.75) is 50.5 Å². The Kier molecular flexibility index (Phi) is 7.12. The van der Waals surface area contributed by atoms with Crippen molar-refractivity contribution in [3.05, 3.63) is 35.9 Å². The highest BCUT2D eigenvalue weighted by Crippen LogP contribution is 2.38. The first-order valence-electron chi connectivity index (χ1n) is 10.3. The second kappa shape index (κ2) is 9.37. The van der Waals surface area contributed by atoms with Crippen LogP contribution in [0.3, 0.4) is 0 Å². The molecule has 2 saturated heterocycles. The summed E-state index contributed by atoms with van der Waals surface area (Å²) >= 11 is 0. The number of amides is 1. The normalized spacial score (nSPS) is 22.3. The topological polar surface area (TPSA) is 75.7 Å². The number of rotatable bonds is 7. The Bertz CT molecular complexity index is 743. The molecule has 1 N–H and O–H groups in total. The molecule has 2 aliphatic rings. The largest absolute Gasteiger partial charge is 0.375 e. The summed E-state index contributed by atoms with van der Waals surface area (Å²) in [7, 11) is -3.13. The summed E-state index contributed by atoms with van der Waals surface area (Å²) in [6.07, 6.45) is 7.07. The molecule has 7 heteroatoms. The van der Waals surface area contributed by atoms with E-state index in [4.69, 9.17) is 4.74 Å². The zero-order valence-electron chi connectivity index (χ0n) is 16.7. The molecular weight excluding hydrogens is 376 g/mol. The molecule has 2 fully saturated rings. The number of piperidine rings is 1. The van der Waals surface area contributed by atoms with Gasteiger partial charge in [-0.05, 0) is 50.0 Å². The second-order valence-electron chi connectivity index (χ2n) is 8.21. The lowest BCUT2D eigenvalue weighted by Crippen LogP contribution is -2.51. The van der Waals surface area contributed by atoms with Crippen LogP contribution in [0.15, 0.2) is 30.3 Å². The van der Waals surface area contributed by atoms with Crippen LogP contribution in [0, 0.1) is 5.92 Å². The van der Waals surface area contributed by atoms with Gasteiger partial charge in [-0.15, -0.1) is 0 Å². The van der Waals surface area contributed by atoms with Crippen LogP contribution in [-0.2, 0) is 26.0 Å². The molecule has 0 saturated carbocycles. The molecule has 1 unspecified atom stereocenters.